The predicted octanol–water partition coefficient (Wildman–Crippen LogP) is 3.19. The first-order valence-electron chi connectivity index (χ1n) is 5.90. The minimum atomic E-state index is 0.684. The molecule has 0 saturated heterocycles. The number of benzene rings is 1. The lowest BCUT2D eigenvalue weighted by Gasteiger charge is -2.37. The van der Waals surface area contributed by atoms with Gasteiger partial charge in [0.05, 0.1) is 0 Å². The number of hydrogen-bond donors (Lipinski definition) is 0. The van der Waals surface area contributed by atoms with E-state index < -0.39 is 0 Å². The monoisotopic (exact) mass is 199 g/mol. The molecule has 1 aromatic carbocycles. The van der Waals surface area contributed by atoms with Crippen molar-refractivity contribution in [1.82, 2.24) is 0 Å². The van der Waals surface area contributed by atoms with Gasteiger partial charge in [0.1, 0.15) is 0 Å². The quantitative estimate of drug-likeness (QED) is 0.628. The van der Waals surface area contributed by atoms with Gasteiger partial charge in [0, 0.05) is 24.7 Å². The summed E-state index contributed by atoms with van der Waals surface area (Å²) in [6.45, 7) is 4.60. The Morgan fingerprint density at radius 1 is 1.33 bits per heavy atom. The van der Waals surface area contributed by atoms with Crippen LogP contribution in [0.2, 0.25) is 0 Å². The van der Waals surface area contributed by atoms with Crippen LogP contribution in [0.25, 0.3) is 0 Å². The third-order valence-corrected chi connectivity index (χ3v) is 3.76. The van der Waals surface area contributed by atoms with Crippen molar-refractivity contribution in [3.05, 3.63) is 42.0 Å². The highest BCUT2D eigenvalue weighted by Crippen LogP contribution is 2.43. The van der Waals surface area contributed by atoms with E-state index in [0.29, 0.717) is 5.92 Å². The van der Waals surface area contributed by atoms with Crippen LogP contribution in [-0.4, -0.2) is 13.1 Å². The molecule has 0 aromatic heterocycles. The average Bonchev–Trinajstić information content (AvgIpc) is 2.76. The first kappa shape index (κ1) is 9.02. The summed E-state index contributed by atoms with van der Waals surface area (Å²) < 4.78 is 0. The second kappa shape index (κ2) is 3.41. The first-order chi connectivity index (χ1) is 7.40. The number of rotatable bonds is 1. The summed E-state index contributed by atoms with van der Waals surface area (Å²) in [5.41, 5.74) is 2.98. The number of anilines is 1. The van der Waals surface area contributed by atoms with Crippen molar-refractivity contribution in [3.8, 4) is 0 Å². The van der Waals surface area contributed by atoms with Gasteiger partial charge in [-0.3, -0.25) is 0 Å². The molecule has 2 atom stereocenters. The standard InChI is InChI=1S/C14H17N/c1-2-15-10-11-6-5-8-12(11)13-7-3-4-9-14(13)15/h3-5,7-9,11-12H,2,6,10H2,1H3. The van der Waals surface area contributed by atoms with Gasteiger partial charge >= 0.3 is 0 Å². The van der Waals surface area contributed by atoms with Gasteiger partial charge in [0.15, 0.2) is 0 Å². The Labute approximate surface area is 91.4 Å². The van der Waals surface area contributed by atoms with E-state index in [4.69, 9.17) is 0 Å². The lowest BCUT2D eigenvalue weighted by atomic mass is 9.83. The van der Waals surface area contributed by atoms with Crippen LogP contribution in [0.4, 0.5) is 5.69 Å². The van der Waals surface area contributed by atoms with E-state index in [-0.39, 0.29) is 0 Å². The van der Waals surface area contributed by atoms with E-state index in [1.807, 2.05) is 0 Å². The predicted molar refractivity (Wildman–Crippen MR) is 64.3 cm³/mol. The number of allylic oxidation sites excluding steroid dienone is 2. The summed E-state index contributed by atoms with van der Waals surface area (Å²) in [7, 11) is 0. The molecule has 0 spiro atoms. The zero-order valence-corrected chi connectivity index (χ0v) is 9.19. The van der Waals surface area contributed by atoms with Crippen molar-refractivity contribution in [1.29, 1.82) is 0 Å². The number of fused-ring (bicyclic) bond motifs is 3. The molecule has 0 bridgehead atoms. The molecule has 0 saturated carbocycles. The molecular weight excluding hydrogens is 182 g/mol. The molecule has 1 nitrogen and oxygen atoms in total. The summed E-state index contributed by atoms with van der Waals surface area (Å²) in [4.78, 5) is 2.52. The van der Waals surface area contributed by atoms with Crippen LogP contribution in [0.1, 0.15) is 24.8 Å². The zero-order chi connectivity index (χ0) is 10.3. The maximum absolute atomic E-state index is 2.52. The number of hydrogen-bond acceptors (Lipinski definition) is 1. The minimum absolute atomic E-state index is 0.684. The van der Waals surface area contributed by atoms with E-state index in [1.165, 1.54) is 24.2 Å². The highest BCUT2D eigenvalue weighted by Gasteiger charge is 2.32. The van der Waals surface area contributed by atoms with Crippen LogP contribution in [0.15, 0.2) is 36.4 Å². The van der Waals surface area contributed by atoms with Gasteiger partial charge in [-0.1, -0.05) is 30.4 Å². The van der Waals surface area contributed by atoms with Crippen molar-refractivity contribution in [2.45, 2.75) is 19.3 Å². The Bertz CT molecular complexity index is 394. The average molecular weight is 199 g/mol. The van der Waals surface area contributed by atoms with Gasteiger partial charge in [-0.2, -0.15) is 0 Å². The van der Waals surface area contributed by atoms with Gasteiger partial charge in [-0.25, -0.2) is 0 Å². The SMILES string of the molecule is CCN1CC2CC=CC2c2ccccc21. The van der Waals surface area contributed by atoms with Gasteiger partial charge in [0.25, 0.3) is 0 Å². The van der Waals surface area contributed by atoms with E-state index in [2.05, 4.69) is 48.2 Å². The fourth-order valence-corrected chi connectivity index (χ4v) is 2.99. The fraction of sp³-hybridized carbons (Fsp3) is 0.429. The lowest BCUT2D eigenvalue weighted by Crippen LogP contribution is -2.35. The van der Waals surface area contributed by atoms with Crippen molar-refractivity contribution < 1.29 is 0 Å². The Balaban J connectivity index is 2.09. The Kier molecular flexibility index (Phi) is 2.05. The Morgan fingerprint density at radius 3 is 3.07 bits per heavy atom. The molecule has 0 radical (unpaired) electrons. The topological polar surface area (TPSA) is 3.24 Å². The molecule has 2 unspecified atom stereocenters. The van der Waals surface area contributed by atoms with Crippen LogP contribution in [0.5, 0.6) is 0 Å². The molecule has 1 aliphatic carbocycles. The molecule has 1 heterocycles. The van der Waals surface area contributed by atoms with E-state index >= 15 is 0 Å². The van der Waals surface area contributed by atoms with Crippen LogP contribution < -0.4 is 4.90 Å². The lowest BCUT2D eigenvalue weighted by molar-refractivity contribution is 0.479. The molecule has 0 amide bonds. The summed E-state index contributed by atoms with van der Waals surface area (Å²) in [6.07, 6.45) is 6.01. The van der Waals surface area contributed by atoms with Crippen molar-refractivity contribution in [2.75, 3.05) is 18.0 Å². The molecule has 0 N–H and O–H groups in total. The summed E-state index contributed by atoms with van der Waals surface area (Å²) in [6, 6.07) is 8.88. The molecule has 0 fully saturated rings. The molecule has 1 heteroatoms. The van der Waals surface area contributed by atoms with Crippen LogP contribution in [0.3, 0.4) is 0 Å². The maximum Gasteiger partial charge on any atom is 0.0404 e. The van der Waals surface area contributed by atoms with E-state index in [1.54, 1.807) is 0 Å². The largest absolute Gasteiger partial charge is 0.371 e. The molecular formula is C14H17N. The van der Waals surface area contributed by atoms with Crippen molar-refractivity contribution in [3.63, 3.8) is 0 Å². The zero-order valence-electron chi connectivity index (χ0n) is 9.19. The number of nitrogens with zero attached hydrogens (tertiary/aromatic N) is 1. The highest BCUT2D eigenvalue weighted by molar-refractivity contribution is 5.59. The molecule has 1 aliphatic heterocycles. The van der Waals surface area contributed by atoms with E-state index in [9.17, 15) is 0 Å². The second-order valence-electron chi connectivity index (χ2n) is 4.55. The van der Waals surface area contributed by atoms with Gasteiger partial charge in [-0.05, 0) is 30.9 Å². The van der Waals surface area contributed by atoms with Gasteiger partial charge < -0.3 is 4.90 Å². The summed E-state index contributed by atoms with van der Waals surface area (Å²) in [5, 5.41) is 0. The summed E-state index contributed by atoms with van der Waals surface area (Å²) in [5.74, 6) is 1.50. The molecule has 3 rings (SSSR count). The van der Waals surface area contributed by atoms with E-state index in [0.717, 1.165) is 12.5 Å². The normalized spacial score (nSPS) is 27.7. The first-order valence-corrected chi connectivity index (χ1v) is 5.90. The highest BCUT2D eigenvalue weighted by atomic mass is 15.1. The fourth-order valence-electron chi connectivity index (χ4n) is 2.99. The van der Waals surface area contributed by atoms with Crippen molar-refractivity contribution in [2.24, 2.45) is 5.92 Å². The van der Waals surface area contributed by atoms with Crippen LogP contribution in [-0.2, 0) is 0 Å². The Morgan fingerprint density at radius 2 is 2.20 bits per heavy atom. The molecule has 15 heavy (non-hydrogen) atoms. The third kappa shape index (κ3) is 1.30. The number of para-hydroxylation sites is 1. The summed E-state index contributed by atoms with van der Waals surface area (Å²) >= 11 is 0. The second-order valence-corrected chi connectivity index (χ2v) is 4.55. The van der Waals surface area contributed by atoms with Crippen molar-refractivity contribution >= 4 is 5.69 Å². The smallest absolute Gasteiger partial charge is 0.0404 e. The van der Waals surface area contributed by atoms with Gasteiger partial charge in [-0.15, -0.1) is 0 Å². The van der Waals surface area contributed by atoms with Crippen LogP contribution in [0, 0.1) is 5.92 Å². The molecule has 2 aliphatic rings. The Hall–Kier alpha value is -1.24. The minimum Gasteiger partial charge on any atom is -0.371 e. The maximum atomic E-state index is 2.52. The van der Waals surface area contributed by atoms with Gasteiger partial charge in [0.2, 0.25) is 0 Å². The van der Waals surface area contributed by atoms with Crippen LogP contribution >= 0.6 is 0 Å². The molecule has 1 aromatic rings. The third-order valence-electron chi connectivity index (χ3n) is 3.76. The molecule has 78 valence electrons.